The maximum Gasteiger partial charge on any atom is 0.573 e. The molecule has 4 aromatic rings. The zero-order chi connectivity index (χ0) is 31.6. The number of anilines is 1. The van der Waals surface area contributed by atoms with Crippen LogP contribution in [0.1, 0.15) is 90.4 Å². The number of para-hydroxylation sites is 1. The van der Waals surface area contributed by atoms with Crippen molar-refractivity contribution in [2.24, 2.45) is 11.8 Å². The average molecular weight is 635 g/mol. The first-order chi connectivity index (χ1) is 22.2. The van der Waals surface area contributed by atoms with E-state index < -0.39 is 12.3 Å². The summed E-state index contributed by atoms with van der Waals surface area (Å²) >= 11 is 0. The van der Waals surface area contributed by atoms with E-state index in [-0.39, 0.29) is 41.5 Å². The van der Waals surface area contributed by atoms with Gasteiger partial charge in [-0.05, 0) is 98.9 Å². The van der Waals surface area contributed by atoms with Gasteiger partial charge >= 0.3 is 12.3 Å². The van der Waals surface area contributed by atoms with Gasteiger partial charge in [-0.3, -0.25) is 0 Å². The molecule has 4 aliphatic carbocycles. The predicted molar refractivity (Wildman–Crippen MR) is 161 cm³/mol. The van der Waals surface area contributed by atoms with Crippen molar-refractivity contribution in [3.8, 4) is 17.0 Å². The Morgan fingerprint density at radius 3 is 2.46 bits per heavy atom. The minimum Gasteiger partial charge on any atom is -0.478 e. The van der Waals surface area contributed by atoms with Crippen molar-refractivity contribution in [2.45, 2.75) is 88.3 Å². The van der Waals surface area contributed by atoms with Crippen LogP contribution in [0.3, 0.4) is 0 Å². The number of fused-ring (bicyclic) bond motifs is 3. The normalized spacial score (nSPS) is 24.3. The summed E-state index contributed by atoms with van der Waals surface area (Å²) < 4.78 is 56.0. The van der Waals surface area contributed by atoms with Crippen LogP contribution < -0.4 is 10.1 Å². The number of carbonyl (C=O) groups is 1. The number of halogens is 3. The van der Waals surface area contributed by atoms with Gasteiger partial charge in [0.05, 0.1) is 30.0 Å². The third kappa shape index (κ3) is 5.78. The second-order valence-corrected chi connectivity index (χ2v) is 13.1. The van der Waals surface area contributed by atoms with Gasteiger partial charge in [-0.15, -0.1) is 13.2 Å². The topological polar surface area (TPSA) is 120 Å². The second-order valence-electron chi connectivity index (χ2n) is 13.1. The van der Waals surface area contributed by atoms with Crippen LogP contribution in [0.4, 0.5) is 19.0 Å². The molecule has 240 valence electrons. The standard InChI is InChI=1S/C34H33F3N4O5/c35-34(36,37)45-27-4-2-1-3-23(27)30-25(32(46-41-30)18-7-8-18)16-44-22-11-19-9-10-20(12-22)29(19)40-28-15-38-31-24(33(42)43)13-21(17-5-6-17)14-26(31)39-28/h1-4,13-15,17-20,22,29H,5-12,16H2,(H,39,40)(H,42,43). The quantitative estimate of drug-likeness (QED) is 0.180. The highest BCUT2D eigenvalue weighted by atomic mass is 19.4. The largest absolute Gasteiger partial charge is 0.573 e. The molecule has 0 amide bonds. The summed E-state index contributed by atoms with van der Waals surface area (Å²) in [6.45, 7) is 0.193. The maximum atomic E-state index is 13.2. The minimum absolute atomic E-state index is 0.0195. The maximum absolute atomic E-state index is 13.2. The molecule has 2 N–H and O–H groups in total. The number of hydrogen-bond donors (Lipinski definition) is 2. The molecule has 4 fully saturated rings. The summed E-state index contributed by atoms with van der Waals surface area (Å²) in [5.41, 5.74) is 3.41. The lowest BCUT2D eigenvalue weighted by atomic mass is 9.82. The fourth-order valence-corrected chi connectivity index (χ4v) is 7.46. The first-order valence-corrected chi connectivity index (χ1v) is 16.0. The van der Waals surface area contributed by atoms with Gasteiger partial charge in [0.15, 0.2) is 0 Å². The summed E-state index contributed by atoms with van der Waals surface area (Å²) in [4.78, 5) is 21.2. The summed E-state index contributed by atoms with van der Waals surface area (Å²) in [5, 5.41) is 17.6. The van der Waals surface area contributed by atoms with Crippen molar-refractivity contribution in [3.63, 3.8) is 0 Å². The van der Waals surface area contributed by atoms with Gasteiger partial charge in [0.2, 0.25) is 0 Å². The molecule has 0 radical (unpaired) electrons. The number of aromatic carboxylic acids is 1. The number of benzene rings is 2. The summed E-state index contributed by atoms with van der Waals surface area (Å²) in [5.74, 6) is 1.28. The fraction of sp³-hybridized carbons (Fsp3) is 0.471. The number of nitrogens with one attached hydrogen (secondary N) is 1. The van der Waals surface area contributed by atoms with Gasteiger partial charge in [0.1, 0.15) is 28.5 Å². The Bertz CT molecular complexity index is 1790. The van der Waals surface area contributed by atoms with Gasteiger partial charge < -0.3 is 24.4 Å². The highest BCUT2D eigenvalue weighted by Crippen LogP contribution is 2.48. The Hall–Kier alpha value is -4.19. The lowest BCUT2D eigenvalue weighted by Crippen LogP contribution is -2.39. The van der Waals surface area contributed by atoms with E-state index in [0.29, 0.717) is 51.6 Å². The first-order valence-electron chi connectivity index (χ1n) is 16.0. The molecule has 2 unspecified atom stereocenters. The van der Waals surface area contributed by atoms with Crippen LogP contribution in [0.5, 0.6) is 5.75 Å². The number of hydrogen-bond acceptors (Lipinski definition) is 8. The highest BCUT2D eigenvalue weighted by Gasteiger charge is 2.44. The van der Waals surface area contributed by atoms with E-state index in [4.69, 9.17) is 14.2 Å². The Kier molecular flexibility index (Phi) is 7.15. The van der Waals surface area contributed by atoms with E-state index in [1.165, 1.54) is 12.1 Å². The Morgan fingerprint density at radius 1 is 1.02 bits per heavy atom. The van der Waals surface area contributed by atoms with E-state index in [0.717, 1.165) is 56.9 Å². The molecule has 2 aromatic carbocycles. The van der Waals surface area contributed by atoms with Crippen LogP contribution in [-0.4, -0.2) is 44.7 Å². The molecule has 4 aliphatic rings. The van der Waals surface area contributed by atoms with Crippen LogP contribution in [0.25, 0.3) is 22.3 Å². The van der Waals surface area contributed by atoms with E-state index in [9.17, 15) is 23.1 Å². The van der Waals surface area contributed by atoms with Gasteiger partial charge in [-0.1, -0.05) is 17.3 Å². The average Bonchev–Trinajstić information content (AvgIpc) is 3.96. The molecule has 2 bridgehead atoms. The summed E-state index contributed by atoms with van der Waals surface area (Å²) in [6, 6.07) is 9.88. The van der Waals surface area contributed by atoms with Gasteiger partial charge in [-0.2, -0.15) is 0 Å². The molecule has 2 atom stereocenters. The summed E-state index contributed by atoms with van der Waals surface area (Å²) in [7, 11) is 0. The van der Waals surface area contributed by atoms with Crippen LogP contribution in [0, 0.1) is 11.8 Å². The van der Waals surface area contributed by atoms with Crippen molar-refractivity contribution < 1.29 is 37.1 Å². The SMILES string of the molecule is O=C(O)c1cc(C2CC2)cc2nc(NC3C4CCC3CC(OCc3c(-c5ccccc5OC(F)(F)F)noc3C3CC3)C4)cnc12. The lowest BCUT2D eigenvalue weighted by molar-refractivity contribution is -0.274. The Balaban J connectivity index is 0.978. The van der Waals surface area contributed by atoms with E-state index in [1.54, 1.807) is 24.4 Å². The zero-order valence-corrected chi connectivity index (χ0v) is 24.9. The van der Waals surface area contributed by atoms with Crippen molar-refractivity contribution in [3.05, 3.63) is 65.0 Å². The number of ether oxygens (including phenoxy) is 2. The van der Waals surface area contributed by atoms with Crippen LogP contribution in [-0.2, 0) is 11.3 Å². The van der Waals surface area contributed by atoms with E-state index in [1.807, 2.05) is 6.07 Å². The predicted octanol–water partition coefficient (Wildman–Crippen LogP) is 7.82. The van der Waals surface area contributed by atoms with Crippen molar-refractivity contribution in [2.75, 3.05) is 5.32 Å². The number of nitrogens with zero attached hydrogens (tertiary/aromatic N) is 3. The van der Waals surface area contributed by atoms with E-state index >= 15 is 0 Å². The number of carboxylic acid groups (broad SMARTS) is 1. The molecule has 0 saturated heterocycles. The molecule has 9 nitrogen and oxygen atoms in total. The third-order valence-electron chi connectivity index (χ3n) is 9.92. The number of carboxylic acids is 1. The van der Waals surface area contributed by atoms with Crippen LogP contribution >= 0.6 is 0 Å². The molecule has 8 rings (SSSR count). The van der Waals surface area contributed by atoms with Crippen molar-refractivity contribution in [1.29, 1.82) is 0 Å². The van der Waals surface area contributed by atoms with Crippen molar-refractivity contribution >= 4 is 22.8 Å². The number of alkyl halides is 3. The molecule has 0 spiro atoms. The molecule has 2 aromatic heterocycles. The summed E-state index contributed by atoms with van der Waals surface area (Å²) in [6.07, 6.45) is 4.54. The molecule has 4 saturated carbocycles. The van der Waals surface area contributed by atoms with Gasteiger partial charge in [0.25, 0.3) is 0 Å². The molecule has 12 heteroatoms. The number of rotatable bonds is 10. The third-order valence-corrected chi connectivity index (χ3v) is 9.92. The minimum atomic E-state index is -4.83. The Morgan fingerprint density at radius 2 is 1.76 bits per heavy atom. The van der Waals surface area contributed by atoms with E-state index in [2.05, 4.69) is 20.2 Å². The Labute approximate surface area is 262 Å². The lowest BCUT2D eigenvalue weighted by Gasteiger charge is -2.36. The van der Waals surface area contributed by atoms with Gasteiger partial charge in [-0.25, -0.2) is 14.8 Å². The van der Waals surface area contributed by atoms with Crippen LogP contribution in [0.15, 0.2) is 47.1 Å². The molecule has 0 aliphatic heterocycles. The monoisotopic (exact) mass is 634 g/mol. The van der Waals surface area contributed by atoms with Gasteiger partial charge in [0, 0.05) is 23.1 Å². The molecular formula is C34H33F3N4O5. The zero-order valence-electron chi connectivity index (χ0n) is 24.9. The molecule has 46 heavy (non-hydrogen) atoms. The first kappa shape index (κ1) is 29.2. The molecular weight excluding hydrogens is 601 g/mol. The van der Waals surface area contributed by atoms with Crippen LogP contribution in [0.2, 0.25) is 0 Å². The number of aromatic nitrogens is 3. The van der Waals surface area contributed by atoms with Crippen molar-refractivity contribution in [1.82, 2.24) is 15.1 Å². The smallest absolute Gasteiger partial charge is 0.478 e. The fourth-order valence-electron chi connectivity index (χ4n) is 7.46. The molecule has 2 heterocycles. The second kappa shape index (κ2) is 11.3. The highest BCUT2D eigenvalue weighted by molar-refractivity contribution is 6.01.